The van der Waals surface area contributed by atoms with Crippen molar-refractivity contribution >= 4 is 11.5 Å². The average Bonchev–Trinajstić information content (AvgIpc) is 3.14. The van der Waals surface area contributed by atoms with E-state index in [0.717, 1.165) is 12.1 Å². The van der Waals surface area contributed by atoms with Crippen molar-refractivity contribution in [2.24, 2.45) is 0 Å². The molecule has 0 amide bonds. The Morgan fingerprint density at radius 2 is 1.47 bits per heavy atom. The maximum atomic E-state index is 14.3. The van der Waals surface area contributed by atoms with Gasteiger partial charge in [0.15, 0.2) is 17.3 Å². The van der Waals surface area contributed by atoms with Gasteiger partial charge in [-0.05, 0) is 24.3 Å². The summed E-state index contributed by atoms with van der Waals surface area (Å²) >= 11 is 0. The van der Waals surface area contributed by atoms with Crippen LogP contribution < -0.4 is 10.6 Å². The molecule has 1 unspecified atom stereocenters. The molecule has 1 aliphatic heterocycles. The maximum absolute atomic E-state index is 14.3. The lowest BCUT2D eigenvalue weighted by molar-refractivity contribution is -0.141. The normalized spacial score (nSPS) is 16.1. The fourth-order valence-electron chi connectivity index (χ4n) is 3.14. The van der Waals surface area contributed by atoms with Gasteiger partial charge in [-0.15, -0.1) is 0 Å². The van der Waals surface area contributed by atoms with Gasteiger partial charge in [0.1, 0.15) is 23.4 Å². The number of benzene rings is 1. The number of alkyl halides is 9. The van der Waals surface area contributed by atoms with Crippen molar-refractivity contribution in [2.75, 3.05) is 10.6 Å². The summed E-state index contributed by atoms with van der Waals surface area (Å²) < 4.78 is 132. The van der Waals surface area contributed by atoms with Crippen molar-refractivity contribution in [3.05, 3.63) is 64.9 Å². The van der Waals surface area contributed by atoms with Crippen molar-refractivity contribution < 1.29 is 43.9 Å². The van der Waals surface area contributed by atoms with E-state index in [1.807, 2.05) is 0 Å². The van der Waals surface area contributed by atoms with Gasteiger partial charge in [-0.3, -0.25) is 4.98 Å². The molecule has 15 heteroatoms. The van der Waals surface area contributed by atoms with E-state index in [1.165, 1.54) is 0 Å². The number of hydrogen-bond donors (Lipinski definition) is 2. The van der Waals surface area contributed by atoms with Crippen LogP contribution in [0.2, 0.25) is 0 Å². The lowest BCUT2D eigenvalue weighted by Gasteiger charge is -2.15. The molecule has 0 aliphatic carbocycles. The smallest absolute Gasteiger partial charge is 0.357 e. The number of nitrogens with one attached hydrogen (secondary N) is 2. The summed E-state index contributed by atoms with van der Waals surface area (Å²) in [5.74, 6) is -2.46. The molecule has 4 rings (SSSR count). The first-order valence-electron chi connectivity index (χ1n) is 9.07. The van der Waals surface area contributed by atoms with E-state index in [9.17, 15) is 43.9 Å². The van der Waals surface area contributed by atoms with Gasteiger partial charge in [-0.1, -0.05) is 6.07 Å². The fraction of sp³-hybridized carbons (Fsp3) is 0.211. The number of aromatic nitrogens is 3. The van der Waals surface area contributed by atoms with E-state index < -0.39 is 70.4 Å². The summed E-state index contributed by atoms with van der Waals surface area (Å²) in [7, 11) is 0. The van der Waals surface area contributed by atoms with Crippen LogP contribution in [0.4, 0.5) is 55.4 Å². The van der Waals surface area contributed by atoms with E-state index in [-0.39, 0.29) is 11.6 Å². The maximum Gasteiger partial charge on any atom is 0.435 e. The number of rotatable bonds is 2. The summed E-state index contributed by atoms with van der Waals surface area (Å²) in [6, 6.07) is 2.85. The highest BCUT2D eigenvalue weighted by Crippen LogP contribution is 2.44. The predicted molar refractivity (Wildman–Crippen MR) is 96.7 cm³/mol. The van der Waals surface area contributed by atoms with Gasteiger partial charge in [0.25, 0.3) is 0 Å². The van der Waals surface area contributed by atoms with Crippen LogP contribution in [0.3, 0.4) is 0 Å². The first kappa shape index (κ1) is 23.5. The Balaban J connectivity index is 1.73. The first-order chi connectivity index (χ1) is 15.6. The third-order valence-corrected chi connectivity index (χ3v) is 4.70. The van der Waals surface area contributed by atoms with Gasteiger partial charge in [0.05, 0.1) is 5.56 Å². The second-order valence-corrected chi connectivity index (χ2v) is 7.00. The van der Waals surface area contributed by atoms with Crippen LogP contribution in [0.25, 0.3) is 11.4 Å². The highest BCUT2D eigenvalue weighted by atomic mass is 19.4. The molecule has 5 nitrogen and oxygen atoms in total. The van der Waals surface area contributed by atoms with Crippen LogP contribution in [0.1, 0.15) is 28.7 Å². The lowest BCUT2D eigenvalue weighted by Crippen LogP contribution is -2.16. The highest BCUT2D eigenvalue weighted by molar-refractivity contribution is 5.76. The SMILES string of the molecule is Fc1cc(C(F)(F)F)ccc1C1Nc2nc(-c3ccc(C(F)(F)F)nc3)nc(C(F)(F)F)c2N1. The summed E-state index contributed by atoms with van der Waals surface area (Å²) in [6.07, 6.45) is -15.5. The van der Waals surface area contributed by atoms with Crippen molar-refractivity contribution in [1.82, 2.24) is 15.0 Å². The molecule has 2 aromatic heterocycles. The van der Waals surface area contributed by atoms with Crippen molar-refractivity contribution in [3.8, 4) is 11.4 Å². The van der Waals surface area contributed by atoms with E-state index in [2.05, 4.69) is 25.6 Å². The molecule has 1 aliphatic rings. The molecular weight excluding hydrogens is 488 g/mol. The summed E-state index contributed by atoms with van der Waals surface area (Å²) in [4.78, 5) is 10.4. The molecule has 34 heavy (non-hydrogen) atoms. The molecule has 1 aromatic carbocycles. The molecule has 3 heterocycles. The van der Waals surface area contributed by atoms with Gasteiger partial charge in [0.2, 0.25) is 0 Å². The number of anilines is 2. The minimum absolute atomic E-state index is 0.192. The Morgan fingerprint density at radius 1 is 0.765 bits per heavy atom. The minimum atomic E-state index is -5.07. The second-order valence-electron chi connectivity index (χ2n) is 7.00. The Morgan fingerprint density at radius 3 is 2.00 bits per heavy atom. The topological polar surface area (TPSA) is 62.7 Å². The first-order valence-corrected chi connectivity index (χ1v) is 9.07. The molecule has 3 aromatic rings. The zero-order valence-corrected chi connectivity index (χ0v) is 16.2. The molecule has 1 atom stereocenters. The van der Waals surface area contributed by atoms with Crippen LogP contribution in [-0.4, -0.2) is 15.0 Å². The average molecular weight is 497 g/mol. The van der Waals surface area contributed by atoms with E-state index in [0.29, 0.717) is 18.3 Å². The number of pyridine rings is 1. The van der Waals surface area contributed by atoms with Crippen molar-refractivity contribution in [1.29, 1.82) is 0 Å². The summed E-state index contributed by atoms with van der Waals surface area (Å²) in [5.41, 5.74) is -5.51. The van der Waals surface area contributed by atoms with Gasteiger partial charge in [0, 0.05) is 17.3 Å². The molecule has 0 bridgehead atoms. The third-order valence-electron chi connectivity index (χ3n) is 4.70. The van der Waals surface area contributed by atoms with Gasteiger partial charge < -0.3 is 10.6 Å². The Bertz CT molecular complexity index is 1230. The zero-order valence-electron chi connectivity index (χ0n) is 16.2. The molecule has 2 N–H and O–H groups in total. The monoisotopic (exact) mass is 497 g/mol. The van der Waals surface area contributed by atoms with Crippen molar-refractivity contribution in [2.45, 2.75) is 24.7 Å². The number of halogens is 10. The highest BCUT2D eigenvalue weighted by Gasteiger charge is 2.42. The molecule has 0 radical (unpaired) electrons. The van der Waals surface area contributed by atoms with E-state index in [1.54, 1.807) is 0 Å². The Hall–Kier alpha value is -3.65. The fourth-order valence-corrected chi connectivity index (χ4v) is 3.14. The number of nitrogens with zero attached hydrogens (tertiary/aromatic N) is 3. The minimum Gasteiger partial charge on any atom is -0.357 e. The Kier molecular flexibility index (Phi) is 5.32. The number of fused-ring (bicyclic) bond motifs is 1. The number of hydrogen-bond acceptors (Lipinski definition) is 5. The van der Waals surface area contributed by atoms with Crippen LogP contribution in [-0.2, 0) is 18.5 Å². The molecule has 0 saturated heterocycles. The predicted octanol–water partition coefficient (Wildman–Crippen LogP) is 6.27. The molecule has 0 fully saturated rings. The summed E-state index contributed by atoms with van der Waals surface area (Å²) in [6.45, 7) is 0. The van der Waals surface area contributed by atoms with Crippen LogP contribution in [0.15, 0.2) is 36.5 Å². The van der Waals surface area contributed by atoms with Crippen LogP contribution in [0.5, 0.6) is 0 Å². The van der Waals surface area contributed by atoms with Crippen molar-refractivity contribution in [3.63, 3.8) is 0 Å². The standard InChI is InChI=1S/C19H9F10N5/c20-10-5-8(17(21,22)23)2-3-9(10)15-31-12-13(19(27,28)29)32-14(33-16(12)34-15)7-1-4-11(30-6-7)18(24,25)26/h1-6,15,31H,(H,32,33,34). The van der Waals surface area contributed by atoms with Gasteiger partial charge in [-0.2, -0.15) is 39.5 Å². The zero-order chi connectivity index (χ0) is 25.1. The Labute approximate surface area is 182 Å². The molecule has 180 valence electrons. The second kappa shape index (κ2) is 7.70. The van der Waals surface area contributed by atoms with E-state index in [4.69, 9.17) is 0 Å². The van der Waals surface area contributed by atoms with E-state index >= 15 is 0 Å². The quantitative estimate of drug-likeness (QED) is 0.409. The molecule has 0 saturated carbocycles. The van der Waals surface area contributed by atoms with Gasteiger partial charge in [-0.25, -0.2) is 14.4 Å². The van der Waals surface area contributed by atoms with Gasteiger partial charge >= 0.3 is 18.5 Å². The summed E-state index contributed by atoms with van der Waals surface area (Å²) in [5, 5.41) is 4.72. The third kappa shape index (κ3) is 4.41. The molecule has 0 spiro atoms. The molecular formula is C19H9F10N5. The van der Waals surface area contributed by atoms with Crippen LogP contribution >= 0.6 is 0 Å². The largest absolute Gasteiger partial charge is 0.435 e. The van der Waals surface area contributed by atoms with Crippen LogP contribution in [0, 0.1) is 5.82 Å². The lowest BCUT2D eigenvalue weighted by atomic mass is 10.1.